The molecule has 5 nitrogen and oxygen atoms in total. The maximum atomic E-state index is 11.8. The van der Waals surface area contributed by atoms with Crippen LogP contribution >= 0.6 is 0 Å². The van der Waals surface area contributed by atoms with Gasteiger partial charge in [-0.3, -0.25) is 4.79 Å². The second-order valence-corrected chi connectivity index (χ2v) is 4.64. The summed E-state index contributed by atoms with van der Waals surface area (Å²) < 4.78 is 0. The van der Waals surface area contributed by atoms with E-state index in [1.807, 2.05) is 0 Å². The van der Waals surface area contributed by atoms with Crippen molar-refractivity contribution in [1.82, 2.24) is 0 Å². The van der Waals surface area contributed by atoms with E-state index >= 15 is 0 Å². The quantitative estimate of drug-likeness (QED) is 0.396. The summed E-state index contributed by atoms with van der Waals surface area (Å²) in [6, 6.07) is 9.39. The van der Waals surface area contributed by atoms with E-state index in [1.165, 1.54) is 30.4 Å². The van der Waals surface area contributed by atoms with Gasteiger partial charge < -0.3 is 21.3 Å². The van der Waals surface area contributed by atoms with Crippen LogP contribution in [0.3, 0.4) is 0 Å². The molecule has 2 aromatic carbocycles. The zero-order chi connectivity index (χ0) is 15.4. The fourth-order valence-corrected chi connectivity index (χ4v) is 1.74. The largest absolute Gasteiger partial charge is 0.508 e. The summed E-state index contributed by atoms with van der Waals surface area (Å²) in [5.74, 6) is -0.164. The number of amides is 1. The first-order valence-electron chi connectivity index (χ1n) is 6.33. The Morgan fingerprint density at radius 3 is 2.67 bits per heavy atom. The van der Waals surface area contributed by atoms with Gasteiger partial charge in [0.05, 0.1) is 0 Å². The third kappa shape index (κ3) is 3.76. The lowest BCUT2D eigenvalue weighted by Gasteiger charge is -2.05. The average molecular weight is 284 g/mol. The van der Waals surface area contributed by atoms with Crippen molar-refractivity contribution in [2.75, 3.05) is 11.1 Å². The summed E-state index contributed by atoms with van der Waals surface area (Å²) in [4.78, 5) is 11.8. The van der Waals surface area contributed by atoms with Crippen LogP contribution in [0.15, 0.2) is 42.5 Å². The van der Waals surface area contributed by atoms with E-state index in [9.17, 15) is 15.0 Å². The van der Waals surface area contributed by atoms with Gasteiger partial charge in [-0.25, -0.2) is 0 Å². The van der Waals surface area contributed by atoms with Gasteiger partial charge in [0.2, 0.25) is 5.91 Å². The van der Waals surface area contributed by atoms with E-state index in [1.54, 1.807) is 25.1 Å². The lowest BCUT2D eigenvalue weighted by atomic mass is 10.1. The maximum absolute atomic E-state index is 11.8. The SMILES string of the molecule is Cc1ccc(NC(=O)/C=C/c2cc(O)ccc2N)cc1O. The number of nitrogens with one attached hydrogen (secondary N) is 1. The summed E-state index contributed by atoms with van der Waals surface area (Å²) in [6.45, 7) is 1.77. The molecule has 0 aliphatic carbocycles. The Balaban J connectivity index is 2.09. The number of rotatable bonds is 3. The van der Waals surface area contributed by atoms with Crippen LogP contribution in [0.4, 0.5) is 11.4 Å². The smallest absolute Gasteiger partial charge is 0.248 e. The minimum Gasteiger partial charge on any atom is -0.508 e. The first kappa shape index (κ1) is 14.5. The average Bonchev–Trinajstić information content (AvgIpc) is 2.44. The standard InChI is InChI=1S/C16H16N2O3/c1-10-2-4-12(9-15(10)20)18-16(21)7-3-11-8-13(19)5-6-14(11)17/h2-9,19-20H,17H2,1H3,(H,18,21)/b7-3+. The van der Waals surface area contributed by atoms with Crippen molar-refractivity contribution in [3.63, 3.8) is 0 Å². The van der Waals surface area contributed by atoms with Crippen LogP contribution < -0.4 is 11.1 Å². The van der Waals surface area contributed by atoms with E-state index in [2.05, 4.69) is 5.32 Å². The molecule has 0 unspecified atom stereocenters. The molecule has 2 aromatic rings. The zero-order valence-electron chi connectivity index (χ0n) is 11.5. The molecule has 21 heavy (non-hydrogen) atoms. The normalized spacial score (nSPS) is 10.7. The topological polar surface area (TPSA) is 95.6 Å². The lowest BCUT2D eigenvalue weighted by Crippen LogP contribution is -2.07. The van der Waals surface area contributed by atoms with Crippen LogP contribution in [0.5, 0.6) is 11.5 Å². The second kappa shape index (κ2) is 6.00. The minimum atomic E-state index is -0.360. The van der Waals surface area contributed by atoms with E-state index in [0.717, 1.165) is 5.56 Å². The van der Waals surface area contributed by atoms with Crippen molar-refractivity contribution in [3.05, 3.63) is 53.6 Å². The number of benzene rings is 2. The monoisotopic (exact) mass is 284 g/mol. The van der Waals surface area contributed by atoms with E-state index < -0.39 is 0 Å². The highest BCUT2D eigenvalue weighted by Crippen LogP contribution is 2.21. The van der Waals surface area contributed by atoms with Gasteiger partial charge in [-0.05, 0) is 42.8 Å². The predicted octanol–water partition coefficient (Wildman–Crippen LogP) is 2.64. The Morgan fingerprint density at radius 2 is 1.95 bits per heavy atom. The van der Waals surface area contributed by atoms with E-state index in [-0.39, 0.29) is 17.4 Å². The van der Waals surface area contributed by atoms with Gasteiger partial charge in [0.1, 0.15) is 11.5 Å². The summed E-state index contributed by atoms with van der Waals surface area (Å²) in [5, 5.41) is 21.6. The molecular formula is C16H16N2O3. The molecule has 0 saturated heterocycles. The molecular weight excluding hydrogens is 268 g/mol. The number of nitrogens with two attached hydrogens (primary N) is 1. The van der Waals surface area contributed by atoms with Gasteiger partial charge in [0, 0.05) is 29.1 Å². The number of phenolic OH excluding ortho intramolecular Hbond substituents is 2. The maximum Gasteiger partial charge on any atom is 0.248 e. The van der Waals surface area contributed by atoms with Gasteiger partial charge in [-0.2, -0.15) is 0 Å². The van der Waals surface area contributed by atoms with Crippen LogP contribution in [0.2, 0.25) is 0 Å². The van der Waals surface area contributed by atoms with E-state index in [0.29, 0.717) is 16.9 Å². The Hall–Kier alpha value is -2.95. The van der Waals surface area contributed by atoms with Crippen LogP contribution in [0, 0.1) is 6.92 Å². The third-order valence-corrected chi connectivity index (χ3v) is 2.96. The number of carbonyl (C=O) groups is 1. The molecule has 0 saturated carbocycles. The van der Waals surface area contributed by atoms with Crippen molar-refractivity contribution in [2.24, 2.45) is 0 Å². The van der Waals surface area contributed by atoms with E-state index in [4.69, 9.17) is 5.73 Å². The number of carbonyl (C=O) groups excluding carboxylic acids is 1. The first-order chi connectivity index (χ1) is 9.95. The van der Waals surface area contributed by atoms with Crippen LogP contribution in [-0.4, -0.2) is 16.1 Å². The fourth-order valence-electron chi connectivity index (χ4n) is 1.74. The van der Waals surface area contributed by atoms with Crippen molar-refractivity contribution in [2.45, 2.75) is 6.92 Å². The van der Waals surface area contributed by atoms with Crippen molar-refractivity contribution in [1.29, 1.82) is 0 Å². The van der Waals surface area contributed by atoms with Gasteiger partial charge in [-0.15, -0.1) is 0 Å². The summed E-state index contributed by atoms with van der Waals surface area (Å²) in [7, 11) is 0. The molecule has 0 radical (unpaired) electrons. The first-order valence-corrected chi connectivity index (χ1v) is 6.33. The van der Waals surface area contributed by atoms with Gasteiger partial charge in [-0.1, -0.05) is 6.07 Å². The third-order valence-electron chi connectivity index (χ3n) is 2.96. The molecule has 0 aromatic heterocycles. The number of hydrogen-bond donors (Lipinski definition) is 4. The number of hydrogen-bond acceptors (Lipinski definition) is 4. The summed E-state index contributed by atoms with van der Waals surface area (Å²) in [6.07, 6.45) is 2.82. The molecule has 0 aliphatic heterocycles. The van der Waals surface area contributed by atoms with Gasteiger partial charge >= 0.3 is 0 Å². The Morgan fingerprint density at radius 1 is 1.19 bits per heavy atom. The highest BCUT2D eigenvalue weighted by molar-refractivity contribution is 6.02. The van der Waals surface area contributed by atoms with Gasteiger partial charge in [0.25, 0.3) is 0 Å². The molecule has 108 valence electrons. The Kier molecular flexibility index (Phi) is 4.13. The van der Waals surface area contributed by atoms with Crippen molar-refractivity contribution < 1.29 is 15.0 Å². The molecule has 5 heteroatoms. The molecule has 0 bridgehead atoms. The highest BCUT2D eigenvalue weighted by Gasteiger charge is 2.02. The molecule has 0 aliphatic rings. The zero-order valence-corrected chi connectivity index (χ0v) is 11.5. The number of nitrogen functional groups attached to an aromatic ring is 1. The molecule has 0 fully saturated rings. The predicted molar refractivity (Wildman–Crippen MR) is 83.0 cm³/mol. The molecule has 5 N–H and O–H groups in total. The van der Waals surface area contributed by atoms with Crippen LogP contribution in [-0.2, 0) is 4.79 Å². The second-order valence-electron chi connectivity index (χ2n) is 4.64. The highest BCUT2D eigenvalue weighted by atomic mass is 16.3. The number of phenols is 2. The molecule has 1 amide bonds. The molecule has 0 spiro atoms. The summed E-state index contributed by atoms with van der Waals surface area (Å²) >= 11 is 0. The number of aryl methyl sites for hydroxylation is 1. The van der Waals surface area contributed by atoms with Gasteiger partial charge in [0.15, 0.2) is 0 Å². The lowest BCUT2D eigenvalue weighted by molar-refractivity contribution is -0.111. The van der Waals surface area contributed by atoms with Crippen molar-refractivity contribution in [3.8, 4) is 11.5 Å². The Labute approximate surface area is 122 Å². The number of aromatic hydroxyl groups is 2. The van der Waals surface area contributed by atoms with Crippen LogP contribution in [0.25, 0.3) is 6.08 Å². The Bertz CT molecular complexity index is 709. The van der Waals surface area contributed by atoms with Crippen molar-refractivity contribution >= 4 is 23.4 Å². The van der Waals surface area contributed by atoms with Crippen LogP contribution in [0.1, 0.15) is 11.1 Å². The molecule has 0 atom stereocenters. The number of anilines is 2. The molecule has 0 heterocycles. The fraction of sp³-hybridized carbons (Fsp3) is 0.0625. The molecule has 2 rings (SSSR count). The summed E-state index contributed by atoms with van der Waals surface area (Å²) in [5.41, 5.74) is 7.98. The minimum absolute atomic E-state index is 0.0766.